The fourth-order valence-corrected chi connectivity index (χ4v) is 2.77. The molecule has 1 atom stereocenters. The number of hydrogen-bond acceptors (Lipinski definition) is 8. The van der Waals surface area contributed by atoms with Crippen LogP contribution in [-0.2, 0) is 0 Å². The minimum absolute atomic E-state index is 0.190. The van der Waals surface area contributed by atoms with E-state index in [1.165, 1.54) is 7.11 Å². The number of amides is 1. The van der Waals surface area contributed by atoms with E-state index in [0.29, 0.717) is 34.2 Å². The van der Waals surface area contributed by atoms with Gasteiger partial charge in [-0.3, -0.25) is 4.79 Å². The Kier molecular flexibility index (Phi) is 6.63. The lowest BCUT2D eigenvalue weighted by Crippen LogP contribution is -2.27. The van der Waals surface area contributed by atoms with Crippen molar-refractivity contribution >= 4 is 17.5 Å². The molecule has 2 aromatic carbocycles. The van der Waals surface area contributed by atoms with E-state index < -0.39 is 0 Å². The summed E-state index contributed by atoms with van der Waals surface area (Å²) in [5, 5.41) is 14.2. The summed E-state index contributed by atoms with van der Waals surface area (Å²) in [5.41, 5.74) is 1.75. The van der Waals surface area contributed by atoms with Gasteiger partial charge in [-0.05, 0) is 19.1 Å². The predicted octanol–water partition coefficient (Wildman–Crippen LogP) is 3.13. The number of methoxy groups -OCH3 is 3. The van der Waals surface area contributed by atoms with E-state index >= 15 is 0 Å². The summed E-state index contributed by atoms with van der Waals surface area (Å²) >= 11 is 0. The minimum Gasteiger partial charge on any atom is -0.493 e. The van der Waals surface area contributed by atoms with Crippen LogP contribution in [0.5, 0.6) is 17.2 Å². The highest BCUT2D eigenvalue weighted by molar-refractivity contribution is 5.94. The van der Waals surface area contributed by atoms with Gasteiger partial charge in [0.05, 0.1) is 33.6 Å². The topological polar surface area (TPSA) is 107 Å². The molecule has 0 saturated carbocycles. The number of hydrogen-bond donors (Lipinski definition) is 2. The highest BCUT2D eigenvalue weighted by Crippen LogP contribution is 2.40. The van der Waals surface area contributed by atoms with E-state index in [4.69, 9.17) is 14.2 Å². The molecule has 1 amide bonds. The first-order valence-electron chi connectivity index (χ1n) is 9.18. The average Bonchev–Trinajstić information content (AvgIpc) is 2.79. The molecule has 1 unspecified atom stereocenters. The van der Waals surface area contributed by atoms with Crippen molar-refractivity contribution < 1.29 is 19.0 Å². The monoisotopic (exact) mass is 409 g/mol. The van der Waals surface area contributed by atoms with E-state index in [1.807, 2.05) is 25.1 Å². The molecule has 0 saturated heterocycles. The number of ether oxygens (including phenoxy) is 3. The van der Waals surface area contributed by atoms with E-state index in [-0.39, 0.29) is 17.9 Å². The maximum absolute atomic E-state index is 12.3. The van der Waals surface area contributed by atoms with Crippen molar-refractivity contribution in [1.82, 2.24) is 20.5 Å². The van der Waals surface area contributed by atoms with Crippen molar-refractivity contribution in [2.24, 2.45) is 0 Å². The lowest BCUT2D eigenvalue weighted by molar-refractivity contribution is 0.0939. The number of benzene rings is 2. The van der Waals surface area contributed by atoms with Gasteiger partial charge in [0.2, 0.25) is 11.7 Å². The molecule has 2 N–H and O–H groups in total. The lowest BCUT2D eigenvalue weighted by atomic mass is 10.2. The van der Waals surface area contributed by atoms with E-state index in [1.54, 1.807) is 44.7 Å². The minimum atomic E-state index is -0.354. The number of anilines is 2. The van der Waals surface area contributed by atoms with Gasteiger partial charge in [-0.1, -0.05) is 18.2 Å². The van der Waals surface area contributed by atoms with Crippen LogP contribution in [0, 0.1) is 0 Å². The van der Waals surface area contributed by atoms with Crippen LogP contribution in [0.1, 0.15) is 29.0 Å². The van der Waals surface area contributed by atoms with E-state index in [0.717, 1.165) is 0 Å². The third-order valence-electron chi connectivity index (χ3n) is 4.33. The second-order valence-electron chi connectivity index (χ2n) is 6.31. The zero-order chi connectivity index (χ0) is 21.5. The molecule has 0 spiro atoms. The Morgan fingerprint density at radius 2 is 1.63 bits per heavy atom. The van der Waals surface area contributed by atoms with Crippen LogP contribution < -0.4 is 24.8 Å². The second kappa shape index (κ2) is 9.55. The fourth-order valence-electron chi connectivity index (χ4n) is 2.77. The first-order chi connectivity index (χ1) is 14.5. The summed E-state index contributed by atoms with van der Waals surface area (Å²) in [5.74, 6) is 1.59. The van der Waals surface area contributed by atoms with Crippen molar-refractivity contribution in [2.75, 3.05) is 26.6 Å². The smallest absolute Gasteiger partial charge is 0.251 e. The highest BCUT2D eigenvalue weighted by atomic mass is 16.5. The molecule has 156 valence electrons. The Balaban J connectivity index is 1.71. The normalized spacial score (nSPS) is 11.3. The Morgan fingerprint density at radius 1 is 0.967 bits per heavy atom. The molecule has 0 bridgehead atoms. The van der Waals surface area contributed by atoms with Crippen LogP contribution in [0.15, 0.2) is 48.7 Å². The third kappa shape index (κ3) is 4.75. The van der Waals surface area contributed by atoms with Crippen LogP contribution in [0.3, 0.4) is 0 Å². The van der Waals surface area contributed by atoms with Crippen LogP contribution in [0.4, 0.5) is 11.6 Å². The van der Waals surface area contributed by atoms with E-state index in [9.17, 15) is 4.79 Å². The van der Waals surface area contributed by atoms with Crippen molar-refractivity contribution in [3.8, 4) is 17.2 Å². The van der Waals surface area contributed by atoms with Gasteiger partial charge in [0.1, 0.15) is 5.69 Å². The first kappa shape index (κ1) is 20.8. The zero-order valence-electron chi connectivity index (χ0n) is 17.2. The number of aromatic nitrogens is 3. The van der Waals surface area contributed by atoms with Gasteiger partial charge in [0, 0.05) is 23.4 Å². The second-order valence-corrected chi connectivity index (χ2v) is 6.31. The summed E-state index contributed by atoms with van der Waals surface area (Å²) in [4.78, 5) is 16.6. The molecule has 1 aromatic heterocycles. The third-order valence-corrected chi connectivity index (χ3v) is 4.33. The summed E-state index contributed by atoms with van der Waals surface area (Å²) in [6.07, 6.45) is 1.56. The number of carbonyl (C=O) groups is 1. The summed E-state index contributed by atoms with van der Waals surface area (Å²) in [6.45, 7) is 1.82. The maximum Gasteiger partial charge on any atom is 0.251 e. The molecule has 1 heterocycles. The lowest BCUT2D eigenvalue weighted by Gasteiger charge is -2.15. The number of nitrogens with zero attached hydrogens (tertiary/aromatic N) is 3. The van der Waals surface area contributed by atoms with Gasteiger partial charge in [-0.25, -0.2) is 4.98 Å². The Morgan fingerprint density at radius 3 is 2.17 bits per heavy atom. The Labute approximate surface area is 174 Å². The molecule has 0 fully saturated rings. The molecule has 9 heteroatoms. The molecular weight excluding hydrogens is 386 g/mol. The van der Waals surface area contributed by atoms with Crippen LogP contribution in [0.25, 0.3) is 0 Å². The van der Waals surface area contributed by atoms with Crippen LogP contribution in [-0.4, -0.2) is 42.4 Å². The molecule has 3 rings (SSSR count). The van der Waals surface area contributed by atoms with Gasteiger partial charge < -0.3 is 24.8 Å². The number of rotatable bonds is 8. The van der Waals surface area contributed by atoms with Gasteiger partial charge in [-0.2, -0.15) is 0 Å². The molecule has 0 aliphatic heterocycles. The number of nitrogens with one attached hydrogen (secondary N) is 2. The van der Waals surface area contributed by atoms with Crippen molar-refractivity contribution in [2.45, 2.75) is 13.0 Å². The summed E-state index contributed by atoms with van der Waals surface area (Å²) in [6, 6.07) is 12.1. The molecule has 0 aliphatic carbocycles. The van der Waals surface area contributed by atoms with Gasteiger partial charge in [-0.15, -0.1) is 10.2 Å². The van der Waals surface area contributed by atoms with Crippen LogP contribution in [0.2, 0.25) is 0 Å². The quantitative estimate of drug-likeness (QED) is 0.584. The predicted molar refractivity (Wildman–Crippen MR) is 112 cm³/mol. The Bertz CT molecular complexity index is 971. The van der Waals surface area contributed by atoms with Crippen molar-refractivity contribution in [3.05, 3.63) is 59.9 Å². The van der Waals surface area contributed by atoms with Gasteiger partial charge in [0.25, 0.3) is 5.91 Å². The highest BCUT2D eigenvalue weighted by Gasteiger charge is 2.15. The zero-order valence-corrected chi connectivity index (χ0v) is 17.2. The largest absolute Gasteiger partial charge is 0.493 e. The standard InChI is InChI=1S/C21H23N5O4/c1-13(23-20(27)14-8-6-5-7-9-14)16-12-22-21(26-25-16)24-15-10-17(28-2)19(30-4)18(11-15)29-3/h5-13H,1-4H3,(H,23,27)(H,22,24,26). The maximum atomic E-state index is 12.3. The Hall–Kier alpha value is -3.88. The molecule has 0 aliphatic rings. The molecule has 0 radical (unpaired) electrons. The molecule has 30 heavy (non-hydrogen) atoms. The van der Waals surface area contributed by atoms with Crippen molar-refractivity contribution in [3.63, 3.8) is 0 Å². The van der Waals surface area contributed by atoms with Crippen molar-refractivity contribution in [1.29, 1.82) is 0 Å². The molecule has 9 nitrogen and oxygen atoms in total. The fraction of sp³-hybridized carbons (Fsp3) is 0.238. The number of carbonyl (C=O) groups excluding carboxylic acids is 1. The molecular formula is C21H23N5O4. The van der Waals surface area contributed by atoms with E-state index in [2.05, 4.69) is 25.8 Å². The van der Waals surface area contributed by atoms with Gasteiger partial charge >= 0.3 is 0 Å². The average molecular weight is 409 g/mol. The SMILES string of the molecule is COc1cc(Nc2ncc(C(C)NC(=O)c3ccccc3)nn2)cc(OC)c1OC. The van der Waals surface area contributed by atoms with Crippen LogP contribution >= 0.6 is 0 Å². The first-order valence-corrected chi connectivity index (χ1v) is 9.18. The summed E-state index contributed by atoms with van der Waals surface area (Å²) < 4.78 is 16.0. The molecule has 3 aromatic rings. The summed E-state index contributed by atoms with van der Waals surface area (Å²) in [7, 11) is 4.62. The van der Waals surface area contributed by atoms with Gasteiger partial charge in [0.15, 0.2) is 11.5 Å².